The molecule has 0 aliphatic heterocycles. The SMILES string of the molecule is C[NH+](C)Cc1ccccc1CNC(=O)c1cccc(S(=O)(=O)[N-]c2ccccc2Cl)c1. The van der Waals surface area contributed by atoms with Gasteiger partial charge in [-0.3, -0.25) is 4.79 Å². The third kappa shape index (κ3) is 6.07. The number of sulfonamides is 1. The zero-order valence-corrected chi connectivity index (χ0v) is 18.9. The van der Waals surface area contributed by atoms with E-state index in [0.29, 0.717) is 6.54 Å². The summed E-state index contributed by atoms with van der Waals surface area (Å²) < 4.78 is 29.2. The summed E-state index contributed by atoms with van der Waals surface area (Å²) in [7, 11) is 0.108. The molecule has 0 radical (unpaired) electrons. The minimum absolute atomic E-state index is 0.0725. The Labute approximate surface area is 187 Å². The molecule has 0 aromatic heterocycles. The van der Waals surface area contributed by atoms with Crippen LogP contribution in [0.2, 0.25) is 5.02 Å². The second-order valence-electron chi connectivity index (χ2n) is 7.38. The van der Waals surface area contributed by atoms with Crippen molar-refractivity contribution in [2.24, 2.45) is 0 Å². The van der Waals surface area contributed by atoms with Crippen LogP contribution in [0.15, 0.2) is 77.7 Å². The van der Waals surface area contributed by atoms with E-state index in [9.17, 15) is 13.2 Å². The van der Waals surface area contributed by atoms with Crippen LogP contribution in [-0.4, -0.2) is 28.4 Å². The fourth-order valence-corrected chi connectivity index (χ4v) is 4.34. The second-order valence-corrected chi connectivity index (χ2v) is 9.39. The highest BCUT2D eigenvalue weighted by atomic mass is 35.5. The highest BCUT2D eigenvalue weighted by Crippen LogP contribution is 2.33. The molecule has 0 saturated carbocycles. The number of benzene rings is 3. The van der Waals surface area contributed by atoms with E-state index < -0.39 is 10.0 Å². The number of amides is 1. The van der Waals surface area contributed by atoms with Crippen molar-refractivity contribution in [2.45, 2.75) is 18.0 Å². The number of hydrogen-bond donors (Lipinski definition) is 2. The van der Waals surface area contributed by atoms with Crippen LogP contribution in [0, 0.1) is 0 Å². The number of quaternary nitrogens is 1. The van der Waals surface area contributed by atoms with Crippen LogP contribution in [-0.2, 0) is 23.1 Å². The van der Waals surface area contributed by atoms with Crippen molar-refractivity contribution in [3.63, 3.8) is 0 Å². The molecule has 1 amide bonds. The van der Waals surface area contributed by atoms with E-state index in [-0.39, 0.29) is 27.1 Å². The van der Waals surface area contributed by atoms with Crippen LogP contribution < -0.4 is 10.2 Å². The van der Waals surface area contributed by atoms with Gasteiger partial charge in [0, 0.05) is 22.7 Å². The molecule has 0 heterocycles. The van der Waals surface area contributed by atoms with Crippen LogP contribution in [0.4, 0.5) is 5.69 Å². The van der Waals surface area contributed by atoms with Crippen molar-refractivity contribution >= 4 is 33.2 Å². The average molecular weight is 458 g/mol. The van der Waals surface area contributed by atoms with Crippen LogP contribution in [0.5, 0.6) is 0 Å². The number of carbonyl (C=O) groups is 1. The molecule has 0 atom stereocenters. The molecule has 0 fully saturated rings. The fourth-order valence-electron chi connectivity index (χ4n) is 3.07. The number of nitrogens with one attached hydrogen (secondary N) is 2. The maximum Gasteiger partial charge on any atom is 0.251 e. The van der Waals surface area contributed by atoms with E-state index in [4.69, 9.17) is 11.6 Å². The van der Waals surface area contributed by atoms with Gasteiger partial charge in [0.15, 0.2) is 0 Å². The number of hydrogen-bond acceptors (Lipinski definition) is 3. The first-order chi connectivity index (χ1) is 14.8. The lowest BCUT2D eigenvalue weighted by molar-refractivity contribution is -0.872. The summed E-state index contributed by atoms with van der Waals surface area (Å²) in [5.41, 5.74) is 2.57. The van der Waals surface area contributed by atoms with Gasteiger partial charge < -0.3 is 14.9 Å². The molecule has 162 valence electrons. The number of nitrogens with zero attached hydrogens (tertiary/aromatic N) is 1. The maximum absolute atomic E-state index is 12.7. The second kappa shape index (κ2) is 9.96. The first-order valence-electron chi connectivity index (χ1n) is 9.73. The van der Waals surface area contributed by atoms with Gasteiger partial charge in [0.25, 0.3) is 5.91 Å². The lowest BCUT2D eigenvalue weighted by atomic mass is 10.1. The third-order valence-electron chi connectivity index (χ3n) is 4.57. The molecule has 0 aliphatic carbocycles. The molecule has 0 saturated heterocycles. The summed E-state index contributed by atoms with van der Waals surface area (Å²) in [5.74, 6) is -0.359. The molecular formula is C23H24ClN3O3S. The van der Waals surface area contributed by atoms with Gasteiger partial charge in [-0.15, -0.1) is 5.69 Å². The van der Waals surface area contributed by atoms with E-state index in [1.807, 2.05) is 24.3 Å². The molecule has 0 bridgehead atoms. The summed E-state index contributed by atoms with van der Waals surface area (Å²) in [5, 5.41) is 3.11. The van der Waals surface area contributed by atoms with Crippen molar-refractivity contribution in [1.82, 2.24) is 5.32 Å². The lowest BCUT2D eigenvalue weighted by Crippen LogP contribution is -3.04. The predicted octanol–water partition coefficient (Wildman–Crippen LogP) is 3.31. The van der Waals surface area contributed by atoms with Crippen molar-refractivity contribution in [3.05, 3.63) is 99.2 Å². The molecule has 3 aromatic rings. The van der Waals surface area contributed by atoms with E-state index in [1.54, 1.807) is 24.3 Å². The van der Waals surface area contributed by atoms with Crippen molar-refractivity contribution < 1.29 is 18.1 Å². The van der Waals surface area contributed by atoms with Crippen molar-refractivity contribution in [1.29, 1.82) is 0 Å². The Morgan fingerprint density at radius 2 is 1.65 bits per heavy atom. The zero-order chi connectivity index (χ0) is 22.4. The minimum Gasteiger partial charge on any atom is -0.572 e. The molecule has 0 spiro atoms. The van der Waals surface area contributed by atoms with Gasteiger partial charge in [-0.25, -0.2) is 8.42 Å². The van der Waals surface area contributed by atoms with Crippen LogP contribution in [0.3, 0.4) is 0 Å². The van der Waals surface area contributed by atoms with Gasteiger partial charge in [-0.2, -0.15) is 0 Å². The topological polar surface area (TPSA) is 81.8 Å². The summed E-state index contributed by atoms with van der Waals surface area (Å²) in [6.07, 6.45) is 0. The fraction of sp³-hybridized carbons (Fsp3) is 0.174. The molecule has 31 heavy (non-hydrogen) atoms. The summed E-state index contributed by atoms with van der Waals surface area (Å²) >= 11 is 6.02. The Hall–Kier alpha value is -2.87. The Morgan fingerprint density at radius 1 is 0.968 bits per heavy atom. The van der Waals surface area contributed by atoms with Crippen LogP contribution in [0.25, 0.3) is 4.72 Å². The van der Waals surface area contributed by atoms with E-state index >= 15 is 0 Å². The smallest absolute Gasteiger partial charge is 0.251 e. The first kappa shape index (κ1) is 22.8. The molecule has 3 rings (SSSR count). The Balaban J connectivity index is 1.74. The standard InChI is InChI=1S/C23H23ClN3O3S/c1-27(2)16-19-9-4-3-8-18(19)15-25-23(28)17-10-7-11-20(14-17)31(29,30)26-22-13-6-5-12-21(22)24/h3-14H,15-16H2,1-2H3,(H,25,28)/q-1/p+1. The van der Waals surface area contributed by atoms with Crippen molar-refractivity contribution in [2.75, 3.05) is 14.1 Å². The molecule has 2 N–H and O–H groups in total. The maximum atomic E-state index is 12.7. The Bertz CT molecular complexity index is 1180. The molecule has 0 unspecified atom stereocenters. The van der Waals surface area contributed by atoms with Gasteiger partial charge in [0.05, 0.1) is 19.0 Å². The summed E-state index contributed by atoms with van der Waals surface area (Å²) in [4.78, 5) is 13.9. The number of halogens is 1. The Morgan fingerprint density at radius 3 is 2.35 bits per heavy atom. The highest BCUT2D eigenvalue weighted by molar-refractivity contribution is 7.94. The van der Waals surface area contributed by atoms with Gasteiger partial charge in [0.1, 0.15) is 16.6 Å². The molecular weight excluding hydrogens is 434 g/mol. The third-order valence-corrected chi connectivity index (χ3v) is 6.17. The molecule has 0 aliphatic rings. The lowest BCUT2D eigenvalue weighted by Gasteiger charge is -2.23. The predicted molar refractivity (Wildman–Crippen MR) is 122 cm³/mol. The van der Waals surface area contributed by atoms with Crippen molar-refractivity contribution in [3.8, 4) is 0 Å². The normalized spacial score (nSPS) is 11.4. The van der Waals surface area contributed by atoms with E-state index in [0.717, 1.165) is 17.7 Å². The van der Waals surface area contributed by atoms with Gasteiger partial charge in [-0.1, -0.05) is 60.1 Å². The van der Waals surface area contributed by atoms with Gasteiger partial charge in [-0.05, 0) is 29.8 Å². The first-order valence-corrected chi connectivity index (χ1v) is 11.5. The quantitative estimate of drug-likeness (QED) is 0.544. The molecule has 6 nitrogen and oxygen atoms in total. The molecule has 8 heteroatoms. The van der Waals surface area contributed by atoms with Crippen LogP contribution >= 0.6 is 11.6 Å². The number of carbonyl (C=O) groups excluding carboxylic acids is 1. The average Bonchev–Trinajstić information content (AvgIpc) is 2.74. The number of rotatable bonds is 8. The largest absolute Gasteiger partial charge is 0.572 e. The van der Waals surface area contributed by atoms with E-state index in [2.05, 4.69) is 24.1 Å². The molecule has 3 aromatic carbocycles. The minimum atomic E-state index is -4.02. The zero-order valence-electron chi connectivity index (χ0n) is 17.3. The van der Waals surface area contributed by atoms with Crippen LogP contribution in [0.1, 0.15) is 21.5 Å². The van der Waals surface area contributed by atoms with E-state index in [1.165, 1.54) is 29.2 Å². The summed E-state index contributed by atoms with van der Waals surface area (Å²) in [6, 6.07) is 20.2. The highest BCUT2D eigenvalue weighted by Gasteiger charge is 2.12. The van der Waals surface area contributed by atoms with Gasteiger partial charge in [0.2, 0.25) is 0 Å². The monoisotopic (exact) mass is 457 g/mol. The summed E-state index contributed by atoms with van der Waals surface area (Å²) in [6.45, 7) is 1.19. The van der Waals surface area contributed by atoms with Gasteiger partial charge >= 0.3 is 0 Å². The Kier molecular flexibility index (Phi) is 7.33.